The van der Waals surface area contributed by atoms with Gasteiger partial charge < -0.3 is 0 Å². The summed E-state index contributed by atoms with van der Waals surface area (Å²) in [5, 5.41) is 10.7. The fourth-order valence-electron chi connectivity index (χ4n) is 1.71. The molecule has 0 radical (unpaired) electrons. The lowest BCUT2D eigenvalue weighted by molar-refractivity contribution is -0.384. The van der Waals surface area contributed by atoms with E-state index < -0.39 is 20.6 Å². The molecule has 1 N–H and O–H groups in total. The lowest BCUT2D eigenvalue weighted by atomic mass is 10.2. The molecule has 0 amide bonds. The fourth-order valence-corrected chi connectivity index (χ4v) is 3.72. The highest BCUT2D eigenvalue weighted by Gasteiger charge is 2.21. The van der Waals surface area contributed by atoms with Crippen LogP contribution in [0.15, 0.2) is 45.8 Å². The number of rotatable bonds is 4. The molecule has 22 heavy (non-hydrogen) atoms. The van der Waals surface area contributed by atoms with Crippen molar-refractivity contribution in [3.8, 4) is 0 Å². The molecule has 116 valence electrons. The van der Waals surface area contributed by atoms with Gasteiger partial charge >= 0.3 is 0 Å². The molecule has 9 heteroatoms. The SMILES string of the molecule is Cc1ccc(NS(=O)(=O)c2ccc(Cl)c([N+](=O)[O-])c2)c(Br)c1. The van der Waals surface area contributed by atoms with Crippen LogP contribution in [-0.4, -0.2) is 13.3 Å². The van der Waals surface area contributed by atoms with Crippen molar-refractivity contribution in [1.29, 1.82) is 0 Å². The van der Waals surface area contributed by atoms with Crippen LogP contribution >= 0.6 is 27.5 Å². The molecule has 0 spiro atoms. The monoisotopic (exact) mass is 404 g/mol. The third kappa shape index (κ3) is 3.57. The van der Waals surface area contributed by atoms with Crippen molar-refractivity contribution in [2.75, 3.05) is 4.72 Å². The van der Waals surface area contributed by atoms with Gasteiger partial charge in [0.25, 0.3) is 15.7 Å². The van der Waals surface area contributed by atoms with E-state index in [9.17, 15) is 18.5 Å². The number of hydrogen-bond donors (Lipinski definition) is 1. The number of nitro groups is 1. The standard InChI is InChI=1S/C13H10BrClN2O4S/c1-8-2-5-12(10(14)6-8)16-22(20,21)9-3-4-11(15)13(7-9)17(18)19/h2-7,16H,1H3. The summed E-state index contributed by atoms with van der Waals surface area (Å²) in [6, 6.07) is 8.40. The first-order valence-electron chi connectivity index (χ1n) is 5.93. The van der Waals surface area contributed by atoms with Crippen molar-refractivity contribution in [3.05, 3.63) is 61.6 Å². The van der Waals surface area contributed by atoms with Crippen LogP contribution in [0.1, 0.15) is 5.56 Å². The number of anilines is 1. The predicted molar refractivity (Wildman–Crippen MR) is 87.8 cm³/mol. The highest BCUT2D eigenvalue weighted by Crippen LogP contribution is 2.30. The summed E-state index contributed by atoms with van der Waals surface area (Å²) in [4.78, 5) is 9.88. The van der Waals surface area contributed by atoms with E-state index in [2.05, 4.69) is 20.7 Å². The largest absolute Gasteiger partial charge is 0.289 e. The molecule has 2 rings (SSSR count). The third-order valence-electron chi connectivity index (χ3n) is 2.79. The second kappa shape index (κ2) is 6.23. The zero-order valence-corrected chi connectivity index (χ0v) is 14.4. The molecule has 0 saturated carbocycles. The topological polar surface area (TPSA) is 89.3 Å². The van der Waals surface area contributed by atoms with Crippen LogP contribution < -0.4 is 4.72 Å². The average molecular weight is 406 g/mol. The van der Waals surface area contributed by atoms with Crippen LogP contribution in [-0.2, 0) is 10.0 Å². The number of nitrogens with zero attached hydrogens (tertiary/aromatic N) is 1. The number of nitrogens with one attached hydrogen (secondary N) is 1. The highest BCUT2D eigenvalue weighted by molar-refractivity contribution is 9.10. The van der Waals surface area contributed by atoms with Crippen molar-refractivity contribution in [1.82, 2.24) is 0 Å². The Morgan fingerprint density at radius 3 is 2.50 bits per heavy atom. The van der Waals surface area contributed by atoms with Gasteiger partial charge in [0.2, 0.25) is 0 Å². The molecule has 0 aliphatic carbocycles. The molecular weight excluding hydrogens is 396 g/mol. The first kappa shape index (κ1) is 16.7. The van der Waals surface area contributed by atoms with E-state index in [0.717, 1.165) is 11.6 Å². The van der Waals surface area contributed by atoms with Crippen molar-refractivity contribution in [3.63, 3.8) is 0 Å². The van der Waals surface area contributed by atoms with E-state index in [1.807, 2.05) is 6.92 Å². The normalized spacial score (nSPS) is 11.2. The first-order chi connectivity index (χ1) is 10.2. The van der Waals surface area contributed by atoms with Gasteiger partial charge in [0, 0.05) is 10.5 Å². The summed E-state index contributed by atoms with van der Waals surface area (Å²) in [5.74, 6) is 0. The number of hydrogen-bond acceptors (Lipinski definition) is 4. The molecule has 0 unspecified atom stereocenters. The molecule has 0 saturated heterocycles. The summed E-state index contributed by atoms with van der Waals surface area (Å²) in [7, 11) is -3.96. The summed E-state index contributed by atoms with van der Waals surface area (Å²) in [6.07, 6.45) is 0. The second-order valence-corrected chi connectivity index (χ2v) is 7.40. The molecule has 0 aliphatic rings. The predicted octanol–water partition coefficient (Wildman–Crippen LogP) is 4.12. The van der Waals surface area contributed by atoms with Gasteiger partial charge in [-0.2, -0.15) is 0 Å². The third-order valence-corrected chi connectivity index (χ3v) is 5.13. The minimum atomic E-state index is -3.96. The van der Waals surface area contributed by atoms with Crippen LogP contribution in [0.25, 0.3) is 0 Å². The lowest BCUT2D eigenvalue weighted by Gasteiger charge is -2.10. The van der Waals surface area contributed by atoms with E-state index >= 15 is 0 Å². The van der Waals surface area contributed by atoms with Crippen LogP contribution in [0.5, 0.6) is 0 Å². The molecule has 0 aromatic heterocycles. The Bertz CT molecular complexity index is 855. The van der Waals surface area contributed by atoms with Crippen LogP contribution in [0.2, 0.25) is 5.02 Å². The van der Waals surface area contributed by atoms with Crippen molar-refractivity contribution in [2.24, 2.45) is 0 Å². The molecule has 0 aliphatic heterocycles. The van der Waals surface area contributed by atoms with Gasteiger partial charge in [-0.3, -0.25) is 14.8 Å². The lowest BCUT2D eigenvalue weighted by Crippen LogP contribution is -2.13. The minimum absolute atomic E-state index is 0.125. The Labute approximate surface area is 140 Å². The number of nitro benzene ring substituents is 1. The van der Waals surface area contributed by atoms with E-state index in [1.165, 1.54) is 12.1 Å². The fraction of sp³-hybridized carbons (Fsp3) is 0.0769. The zero-order chi connectivity index (χ0) is 16.5. The molecule has 2 aromatic carbocycles. The molecule has 2 aromatic rings. The van der Waals surface area contributed by atoms with Crippen LogP contribution in [0.4, 0.5) is 11.4 Å². The van der Waals surface area contributed by atoms with E-state index in [1.54, 1.807) is 18.2 Å². The zero-order valence-electron chi connectivity index (χ0n) is 11.2. The molecule has 0 fully saturated rings. The van der Waals surface area contributed by atoms with E-state index in [0.29, 0.717) is 10.2 Å². The smallest absolute Gasteiger partial charge is 0.278 e. The quantitative estimate of drug-likeness (QED) is 0.612. The number of halogens is 2. The molecule has 6 nitrogen and oxygen atoms in total. The Hall–Kier alpha value is -1.64. The first-order valence-corrected chi connectivity index (χ1v) is 8.59. The molecule has 0 heterocycles. The Morgan fingerprint density at radius 1 is 1.23 bits per heavy atom. The summed E-state index contributed by atoms with van der Waals surface area (Å²) < 4.78 is 27.6. The maximum atomic E-state index is 12.3. The summed E-state index contributed by atoms with van der Waals surface area (Å²) >= 11 is 8.95. The van der Waals surface area contributed by atoms with E-state index in [-0.39, 0.29) is 9.92 Å². The molecule has 0 bridgehead atoms. The van der Waals surface area contributed by atoms with Crippen molar-refractivity contribution < 1.29 is 13.3 Å². The van der Waals surface area contributed by atoms with Gasteiger partial charge in [-0.05, 0) is 52.7 Å². The van der Waals surface area contributed by atoms with Gasteiger partial charge in [0.05, 0.1) is 15.5 Å². The Morgan fingerprint density at radius 2 is 1.91 bits per heavy atom. The highest BCUT2D eigenvalue weighted by atomic mass is 79.9. The van der Waals surface area contributed by atoms with Gasteiger partial charge in [0.1, 0.15) is 5.02 Å². The molecular formula is C13H10BrClN2O4S. The summed E-state index contributed by atoms with van der Waals surface area (Å²) in [5.41, 5.74) is 0.827. The molecule has 0 atom stereocenters. The van der Waals surface area contributed by atoms with Gasteiger partial charge in [-0.25, -0.2) is 8.42 Å². The Balaban J connectivity index is 2.42. The summed E-state index contributed by atoms with van der Waals surface area (Å²) in [6.45, 7) is 1.87. The van der Waals surface area contributed by atoms with Gasteiger partial charge in [0.15, 0.2) is 0 Å². The van der Waals surface area contributed by atoms with Crippen molar-refractivity contribution >= 4 is 48.9 Å². The number of aryl methyl sites for hydroxylation is 1. The number of sulfonamides is 1. The van der Waals surface area contributed by atoms with Crippen LogP contribution in [0, 0.1) is 17.0 Å². The number of benzene rings is 2. The maximum Gasteiger partial charge on any atom is 0.289 e. The van der Waals surface area contributed by atoms with E-state index in [4.69, 9.17) is 11.6 Å². The van der Waals surface area contributed by atoms with Crippen LogP contribution in [0.3, 0.4) is 0 Å². The van der Waals surface area contributed by atoms with Gasteiger partial charge in [-0.15, -0.1) is 0 Å². The average Bonchev–Trinajstić information content (AvgIpc) is 2.42. The van der Waals surface area contributed by atoms with Gasteiger partial charge in [-0.1, -0.05) is 17.7 Å². The second-order valence-electron chi connectivity index (χ2n) is 4.46. The minimum Gasteiger partial charge on any atom is -0.278 e. The maximum absolute atomic E-state index is 12.3. The van der Waals surface area contributed by atoms with Crippen molar-refractivity contribution in [2.45, 2.75) is 11.8 Å². The Kier molecular flexibility index (Phi) is 4.74.